The van der Waals surface area contributed by atoms with Crippen molar-refractivity contribution in [2.75, 3.05) is 0 Å². The third kappa shape index (κ3) is 2.85. The molecule has 0 bridgehead atoms. The Morgan fingerprint density at radius 3 is 2.83 bits per heavy atom. The van der Waals surface area contributed by atoms with Crippen molar-refractivity contribution in [3.05, 3.63) is 78.5 Å². The zero-order valence-corrected chi connectivity index (χ0v) is 12.5. The van der Waals surface area contributed by atoms with Gasteiger partial charge in [0.2, 0.25) is 0 Å². The molecule has 1 fully saturated rings. The van der Waals surface area contributed by atoms with Gasteiger partial charge in [0.15, 0.2) is 0 Å². The molecule has 2 unspecified atom stereocenters. The van der Waals surface area contributed by atoms with Gasteiger partial charge in [-0.25, -0.2) is 9.97 Å². The Labute approximate surface area is 134 Å². The number of hydrogen-bond donors (Lipinski definition) is 1. The van der Waals surface area contributed by atoms with Gasteiger partial charge in [0, 0.05) is 36.1 Å². The van der Waals surface area contributed by atoms with E-state index in [1.165, 1.54) is 5.56 Å². The van der Waals surface area contributed by atoms with Crippen molar-refractivity contribution >= 4 is 5.91 Å². The van der Waals surface area contributed by atoms with E-state index in [0.717, 1.165) is 6.42 Å². The second kappa shape index (κ2) is 5.68. The Balaban J connectivity index is 1.45. The summed E-state index contributed by atoms with van der Waals surface area (Å²) < 4.78 is 1.78. The average molecular weight is 304 g/mol. The fourth-order valence-corrected chi connectivity index (χ4v) is 2.77. The lowest BCUT2D eigenvalue weighted by molar-refractivity contribution is 0.0950. The molecule has 1 saturated carbocycles. The summed E-state index contributed by atoms with van der Waals surface area (Å²) in [4.78, 5) is 20.7. The van der Waals surface area contributed by atoms with Gasteiger partial charge >= 0.3 is 0 Å². The third-order valence-electron chi connectivity index (χ3n) is 4.11. The monoisotopic (exact) mass is 304 g/mol. The second-order valence-electron chi connectivity index (χ2n) is 5.71. The first-order valence-electron chi connectivity index (χ1n) is 7.61. The van der Waals surface area contributed by atoms with Crippen molar-refractivity contribution in [2.45, 2.75) is 18.4 Å². The van der Waals surface area contributed by atoms with Crippen molar-refractivity contribution < 1.29 is 4.79 Å². The molecule has 1 aliphatic carbocycles. The molecular formula is C18H16N4O. The fourth-order valence-electron chi connectivity index (χ4n) is 2.77. The summed E-state index contributed by atoms with van der Waals surface area (Å²) in [7, 11) is 0. The van der Waals surface area contributed by atoms with Crippen LogP contribution >= 0.6 is 0 Å². The van der Waals surface area contributed by atoms with Crippen LogP contribution in [0.2, 0.25) is 0 Å². The van der Waals surface area contributed by atoms with E-state index in [1.54, 1.807) is 41.6 Å². The molecule has 1 amide bonds. The highest BCUT2D eigenvalue weighted by atomic mass is 16.1. The minimum absolute atomic E-state index is 0.0582. The summed E-state index contributed by atoms with van der Waals surface area (Å²) in [6, 6.07) is 14.0. The van der Waals surface area contributed by atoms with E-state index in [0.29, 0.717) is 17.3 Å². The lowest BCUT2D eigenvalue weighted by Gasteiger charge is -2.07. The van der Waals surface area contributed by atoms with Gasteiger partial charge in [0.25, 0.3) is 5.91 Å². The first-order valence-corrected chi connectivity index (χ1v) is 7.61. The van der Waals surface area contributed by atoms with E-state index in [4.69, 9.17) is 0 Å². The number of nitrogens with one attached hydrogen (secondary N) is 1. The highest BCUT2D eigenvalue weighted by Crippen LogP contribution is 2.40. The second-order valence-corrected chi connectivity index (χ2v) is 5.71. The molecule has 0 aliphatic heterocycles. The summed E-state index contributed by atoms with van der Waals surface area (Å²) in [6.07, 6.45) is 7.79. The van der Waals surface area contributed by atoms with Crippen molar-refractivity contribution in [3.63, 3.8) is 0 Å². The van der Waals surface area contributed by atoms with Crippen LogP contribution in [-0.4, -0.2) is 26.5 Å². The molecule has 1 N–H and O–H groups in total. The molecule has 23 heavy (non-hydrogen) atoms. The van der Waals surface area contributed by atoms with Crippen LogP contribution in [0.3, 0.4) is 0 Å². The fraction of sp³-hybridized carbons (Fsp3) is 0.167. The summed E-state index contributed by atoms with van der Waals surface area (Å²) in [5.41, 5.74) is 1.90. The van der Waals surface area contributed by atoms with Crippen LogP contribution in [0.4, 0.5) is 0 Å². The average Bonchev–Trinajstić information content (AvgIpc) is 3.14. The first kappa shape index (κ1) is 13.7. The van der Waals surface area contributed by atoms with Crippen molar-refractivity contribution in [2.24, 2.45) is 0 Å². The van der Waals surface area contributed by atoms with Crippen LogP contribution in [0.1, 0.15) is 28.3 Å². The SMILES string of the molecule is O=C(NC1CC1c1ccccc1)c1ccnc(-n2ccnc2)c1. The number of imidazole rings is 1. The summed E-state index contributed by atoms with van der Waals surface area (Å²) in [5.74, 6) is 1.05. The van der Waals surface area contributed by atoms with Crippen LogP contribution in [0.15, 0.2) is 67.4 Å². The first-order chi connectivity index (χ1) is 11.3. The highest BCUT2D eigenvalue weighted by molar-refractivity contribution is 5.95. The van der Waals surface area contributed by atoms with Crippen LogP contribution in [0, 0.1) is 0 Å². The molecule has 5 nitrogen and oxygen atoms in total. The number of benzene rings is 1. The normalized spacial score (nSPS) is 19.3. The predicted molar refractivity (Wildman–Crippen MR) is 86.4 cm³/mol. The quantitative estimate of drug-likeness (QED) is 0.806. The molecule has 0 spiro atoms. The zero-order chi connectivity index (χ0) is 15.6. The Morgan fingerprint density at radius 2 is 2.04 bits per heavy atom. The van der Waals surface area contributed by atoms with Crippen molar-refractivity contribution in [3.8, 4) is 5.82 Å². The standard InChI is InChI=1S/C18H16N4O/c23-18(21-16-11-15(16)13-4-2-1-3-5-13)14-6-7-20-17(10-14)22-9-8-19-12-22/h1-10,12,15-16H,11H2,(H,21,23). The van der Waals surface area contributed by atoms with Crippen molar-refractivity contribution in [1.82, 2.24) is 19.9 Å². The van der Waals surface area contributed by atoms with Crippen LogP contribution in [-0.2, 0) is 0 Å². The minimum Gasteiger partial charge on any atom is -0.349 e. The molecule has 2 heterocycles. The number of amides is 1. The molecule has 114 valence electrons. The Kier molecular flexibility index (Phi) is 3.38. The molecule has 1 aromatic carbocycles. The van der Waals surface area contributed by atoms with Gasteiger partial charge in [-0.1, -0.05) is 30.3 Å². The predicted octanol–water partition coefficient (Wildman–Crippen LogP) is 2.55. The Morgan fingerprint density at radius 1 is 1.17 bits per heavy atom. The van der Waals surface area contributed by atoms with E-state index in [9.17, 15) is 4.79 Å². The number of aromatic nitrogens is 3. The van der Waals surface area contributed by atoms with Gasteiger partial charge in [0.05, 0.1) is 0 Å². The number of nitrogens with zero attached hydrogens (tertiary/aromatic N) is 3. The molecule has 1 aliphatic rings. The number of hydrogen-bond acceptors (Lipinski definition) is 3. The number of carbonyl (C=O) groups excluding carboxylic acids is 1. The maximum Gasteiger partial charge on any atom is 0.251 e. The molecule has 3 aromatic rings. The van der Waals surface area contributed by atoms with Gasteiger partial charge in [-0.3, -0.25) is 9.36 Å². The number of rotatable bonds is 4. The summed E-state index contributed by atoms with van der Waals surface area (Å²) in [5, 5.41) is 3.10. The van der Waals surface area contributed by atoms with Gasteiger partial charge in [-0.2, -0.15) is 0 Å². The molecule has 0 radical (unpaired) electrons. The molecule has 4 rings (SSSR count). The van der Waals surface area contributed by atoms with Gasteiger partial charge in [-0.05, 0) is 24.1 Å². The Bertz CT molecular complexity index is 814. The minimum atomic E-state index is -0.0582. The van der Waals surface area contributed by atoms with E-state index in [2.05, 4.69) is 27.4 Å². The topological polar surface area (TPSA) is 59.8 Å². The van der Waals surface area contributed by atoms with Crippen LogP contribution in [0.25, 0.3) is 5.82 Å². The van der Waals surface area contributed by atoms with Gasteiger partial charge in [0.1, 0.15) is 12.1 Å². The highest BCUT2D eigenvalue weighted by Gasteiger charge is 2.39. The maximum atomic E-state index is 12.4. The van der Waals surface area contributed by atoms with Crippen LogP contribution < -0.4 is 5.32 Å². The molecular weight excluding hydrogens is 288 g/mol. The zero-order valence-electron chi connectivity index (χ0n) is 12.5. The van der Waals surface area contributed by atoms with E-state index < -0.39 is 0 Å². The lowest BCUT2D eigenvalue weighted by Crippen LogP contribution is -2.26. The molecule has 5 heteroatoms. The van der Waals surface area contributed by atoms with E-state index >= 15 is 0 Å². The molecule has 2 aromatic heterocycles. The van der Waals surface area contributed by atoms with E-state index in [1.807, 2.05) is 18.2 Å². The molecule has 0 saturated heterocycles. The van der Waals surface area contributed by atoms with Gasteiger partial charge < -0.3 is 5.32 Å². The molecule has 2 atom stereocenters. The number of carbonyl (C=O) groups is 1. The Hall–Kier alpha value is -2.95. The summed E-state index contributed by atoms with van der Waals surface area (Å²) >= 11 is 0. The maximum absolute atomic E-state index is 12.4. The largest absolute Gasteiger partial charge is 0.349 e. The van der Waals surface area contributed by atoms with Gasteiger partial charge in [-0.15, -0.1) is 0 Å². The van der Waals surface area contributed by atoms with E-state index in [-0.39, 0.29) is 11.9 Å². The lowest BCUT2D eigenvalue weighted by atomic mass is 10.1. The van der Waals surface area contributed by atoms with Crippen LogP contribution in [0.5, 0.6) is 0 Å². The third-order valence-corrected chi connectivity index (χ3v) is 4.11. The van der Waals surface area contributed by atoms with Crippen molar-refractivity contribution in [1.29, 1.82) is 0 Å². The number of pyridine rings is 1. The summed E-state index contributed by atoms with van der Waals surface area (Å²) in [6.45, 7) is 0. The smallest absolute Gasteiger partial charge is 0.251 e.